The van der Waals surface area contributed by atoms with Crippen LogP contribution in [-0.4, -0.2) is 43.3 Å². The summed E-state index contributed by atoms with van der Waals surface area (Å²) in [5, 5.41) is 3.15. The minimum absolute atomic E-state index is 0. The molecule has 1 aliphatic heterocycles. The van der Waals surface area contributed by atoms with E-state index in [1.165, 1.54) is 6.92 Å². The van der Waals surface area contributed by atoms with Gasteiger partial charge in [-0.15, -0.1) is 12.4 Å². The number of benzene rings is 1. The summed E-state index contributed by atoms with van der Waals surface area (Å²) in [5.41, 5.74) is 1.05. The van der Waals surface area contributed by atoms with Gasteiger partial charge in [-0.05, 0) is 38.9 Å². The number of likely N-dealkylation sites (tertiary alicyclic amines) is 1. The summed E-state index contributed by atoms with van der Waals surface area (Å²) in [5.74, 6) is 0.428. The number of hydrogen-bond donors (Lipinski definition) is 1. The van der Waals surface area contributed by atoms with Gasteiger partial charge in [-0.2, -0.15) is 0 Å². The second-order valence-corrected chi connectivity index (χ2v) is 5.07. The van der Waals surface area contributed by atoms with Gasteiger partial charge in [0.25, 0.3) is 5.91 Å². The van der Waals surface area contributed by atoms with E-state index in [4.69, 9.17) is 0 Å². The lowest BCUT2D eigenvalue weighted by Crippen LogP contribution is -2.31. The van der Waals surface area contributed by atoms with Crippen LogP contribution in [0.1, 0.15) is 34.1 Å². The third-order valence-electron chi connectivity index (χ3n) is 3.60. The number of nitrogens with zero attached hydrogens (tertiary/aromatic N) is 1. The lowest BCUT2D eigenvalue weighted by Gasteiger charge is -2.18. The van der Waals surface area contributed by atoms with E-state index in [1.807, 2.05) is 11.9 Å². The molecule has 110 valence electrons. The molecule has 1 unspecified atom stereocenters. The van der Waals surface area contributed by atoms with Crippen LogP contribution < -0.4 is 5.32 Å². The van der Waals surface area contributed by atoms with Gasteiger partial charge in [0.05, 0.1) is 5.56 Å². The van der Waals surface area contributed by atoms with Crippen molar-refractivity contribution in [1.82, 2.24) is 10.2 Å². The van der Waals surface area contributed by atoms with Crippen molar-refractivity contribution in [2.45, 2.75) is 13.3 Å². The van der Waals surface area contributed by atoms with E-state index in [9.17, 15) is 9.59 Å². The molecule has 0 aromatic heterocycles. The molecule has 2 rings (SSSR count). The molecule has 1 aromatic carbocycles. The second kappa shape index (κ2) is 7.41. The van der Waals surface area contributed by atoms with E-state index < -0.39 is 0 Å². The molecule has 20 heavy (non-hydrogen) atoms. The van der Waals surface area contributed by atoms with E-state index in [2.05, 4.69) is 5.32 Å². The minimum atomic E-state index is -0.0603. The molecule has 1 saturated heterocycles. The molecule has 1 heterocycles. The average Bonchev–Trinajstić information content (AvgIpc) is 2.87. The number of Topliss-reactive ketones (excluding diaryl/α,β-unsaturated/α-hetero) is 1. The van der Waals surface area contributed by atoms with Crippen molar-refractivity contribution in [1.29, 1.82) is 0 Å². The fourth-order valence-corrected chi connectivity index (χ4v) is 2.62. The van der Waals surface area contributed by atoms with Crippen molar-refractivity contribution >= 4 is 24.1 Å². The standard InChI is InChI=1S/C15H20N2O2.ClH/c1-11(18)13-5-3-4-6-14(13)15(19)17-8-7-12(10-17)9-16-2;/h3-6,12,16H,7-10H2,1-2H3;1H. The van der Waals surface area contributed by atoms with Gasteiger partial charge in [0.1, 0.15) is 0 Å². The van der Waals surface area contributed by atoms with Crippen molar-refractivity contribution in [2.24, 2.45) is 5.92 Å². The van der Waals surface area contributed by atoms with Crippen LogP contribution in [0.15, 0.2) is 24.3 Å². The third kappa shape index (κ3) is 3.58. The van der Waals surface area contributed by atoms with Crippen molar-refractivity contribution < 1.29 is 9.59 Å². The highest BCUT2D eigenvalue weighted by Gasteiger charge is 2.27. The number of nitrogens with one attached hydrogen (secondary N) is 1. The molecule has 0 aliphatic carbocycles. The average molecular weight is 297 g/mol. The zero-order valence-corrected chi connectivity index (χ0v) is 12.7. The van der Waals surface area contributed by atoms with E-state index in [0.717, 1.165) is 26.1 Å². The van der Waals surface area contributed by atoms with E-state index in [0.29, 0.717) is 17.0 Å². The molecule has 1 atom stereocenters. The highest BCUT2D eigenvalue weighted by Crippen LogP contribution is 2.20. The van der Waals surface area contributed by atoms with Gasteiger partial charge < -0.3 is 10.2 Å². The van der Waals surface area contributed by atoms with Crippen LogP contribution >= 0.6 is 12.4 Å². The first-order valence-electron chi connectivity index (χ1n) is 6.67. The molecule has 1 fully saturated rings. The summed E-state index contributed by atoms with van der Waals surface area (Å²) in [6.07, 6.45) is 1.02. The Bertz CT molecular complexity index is 491. The molecule has 1 amide bonds. The highest BCUT2D eigenvalue weighted by molar-refractivity contribution is 6.07. The molecule has 1 N–H and O–H groups in total. The lowest BCUT2D eigenvalue weighted by atomic mass is 10.0. The first-order valence-corrected chi connectivity index (χ1v) is 6.67. The first-order chi connectivity index (χ1) is 9.13. The molecule has 1 aliphatic rings. The largest absolute Gasteiger partial charge is 0.338 e. The number of carbonyl (C=O) groups is 2. The molecule has 0 saturated carbocycles. The van der Waals surface area contributed by atoms with Crippen LogP contribution in [0.25, 0.3) is 0 Å². The number of hydrogen-bond acceptors (Lipinski definition) is 3. The fraction of sp³-hybridized carbons (Fsp3) is 0.467. The lowest BCUT2D eigenvalue weighted by molar-refractivity contribution is 0.0782. The van der Waals surface area contributed by atoms with Gasteiger partial charge in [-0.3, -0.25) is 9.59 Å². The van der Waals surface area contributed by atoms with Gasteiger partial charge in [-0.1, -0.05) is 18.2 Å². The normalized spacial score (nSPS) is 17.7. The second-order valence-electron chi connectivity index (χ2n) is 5.07. The Kier molecular flexibility index (Phi) is 6.17. The van der Waals surface area contributed by atoms with Crippen molar-refractivity contribution in [3.05, 3.63) is 35.4 Å². The zero-order chi connectivity index (χ0) is 13.8. The Balaban J connectivity index is 0.00000200. The maximum Gasteiger partial charge on any atom is 0.254 e. The molecule has 0 radical (unpaired) electrons. The van der Waals surface area contributed by atoms with Crippen molar-refractivity contribution in [3.63, 3.8) is 0 Å². The quantitative estimate of drug-likeness (QED) is 0.865. The van der Waals surface area contributed by atoms with E-state index >= 15 is 0 Å². The summed E-state index contributed by atoms with van der Waals surface area (Å²) in [6.45, 7) is 3.97. The number of halogens is 1. The first kappa shape index (κ1) is 16.7. The monoisotopic (exact) mass is 296 g/mol. The van der Waals surface area contributed by atoms with Crippen LogP contribution in [0.3, 0.4) is 0 Å². The Morgan fingerprint density at radius 1 is 1.30 bits per heavy atom. The Labute approximate surface area is 125 Å². The maximum absolute atomic E-state index is 12.5. The van der Waals surface area contributed by atoms with Crippen LogP contribution in [-0.2, 0) is 0 Å². The van der Waals surface area contributed by atoms with Gasteiger partial charge >= 0.3 is 0 Å². The summed E-state index contributed by atoms with van der Waals surface area (Å²) in [7, 11) is 1.93. The summed E-state index contributed by atoms with van der Waals surface area (Å²) in [6, 6.07) is 7.06. The van der Waals surface area contributed by atoms with Crippen LogP contribution in [0.2, 0.25) is 0 Å². The van der Waals surface area contributed by atoms with Crippen molar-refractivity contribution in [2.75, 3.05) is 26.7 Å². The molecular weight excluding hydrogens is 276 g/mol. The number of amides is 1. The molecular formula is C15H21ClN2O2. The Morgan fingerprint density at radius 3 is 2.55 bits per heavy atom. The Hall–Kier alpha value is -1.39. The molecule has 4 nitrogen and oxygen atoms in total. The molecule has 0 bridgehead atoms. The minimum Gasteiger partial charge on any atom is -0.338 e. The maximum atomic E-state index is 12.5. The van der Waals surface area contributed by atoms with Gasteiger partial charge in [0.15, 0.2) is 5.78 Å². The SMILES string of the molecule is CNCC1CCN(C(=O)c2ccccc2C(C)=O)C1.Cl. The van der Waals surface area contributed by atoms with Crippen molar-refractivity contribution in [3.8, 4) is 0 Å². The zero-order valence-electron chi connectivity index (χ0n) is 11.9. The predicted octanol–water partition coefficient (Wildman–Crippen LogP) is 1.99. The van der Waals surface area contributed by atoms with Gasteiger partial charge in [0, 0.05) is 18.7 Å². The number of carbonyl (C=O) groups excluding carboxylic acids is 2. The highest BCUT2D eigenvalue weighted by atomic mass is 35.5. The Morgan fingerprint density at radius 2 is 1.95 bits per heavy atom. The topological polar surface area (TPSA) is 49.4 Å². The number of ketones is 1. The molecule has 5 heteroatoms. The molecule has 0 spiro atoms. The predicted molar refractivity (Wildman–Crippen MR) is 81.6 cm³/mol. The summed E-state index contributed by atoms with van der Waals surface area (Å²) < 4.78 is 0. The molecule has 1 aromatic rings. The van der Waals surface area contributed by atoms with Gasteiger partial charge in [0.2, 0.25) is 0 Å². The van der Waals surface area contributed by atoms with Crippen LogP contribution in [0.4, 0.5) is 0 Å². The smallest absolute Gasteiger partial charge is 0.254 e. The van der Waals surface area contributed by atoms with Crippen LogP contribution in [0, 0.1) is 5.92 Å². The van der Waals surface area contributed by atoms with Crippen LogP contribution in [0.5, 0.6) is 0 Å². The van der Waals surface area contributed by atoms with E-state index in [-0.39, 0.29) is 24.1 Å². The third-order valence-corrected chi connectivity index (χ3v) is 3.60. The summed E-state index contributed by atoms with van der Waals surface area (Å²) >= 11 is 0. The summed E-state index contributed by atoms with van der Waals surface area (Å²) in [4.78, 5) is 25.9. The van der Waals surface area contributed by atoms with Gasteiger partial charge in [-0.25, -0.2) is 0 Å². The fourth-order valence-electron chi connectivity index (χ4n) is 2.62. The van der Waals surface area contributed by atoms with E-state index in [1.54, 1.807) is 24.3 Å². The number of rotatable bonds is 4.